The number of hydrogen-bond acceptors (Lipinski definition) is 9. The molecule has 2 aromatic rings. The van der Waals surface area contributed by atoms with Crippen LogP contribution < -0.4 is 10.6 Å². The lowest BCUT2D eigenvalue weighted by Crippen LogP contribution is -2.43. The minimum Gasteiger partial charge on any atom is -0.460 e. The van der Waals surface area contributed by atoms with Gasteiger partial charge >= 0.3 is 11.9 Å². The van der Waals surface area contributed by atoms with E-state index in [4.69, 9.17) is 18.9 Å². The maximum atomic E-state index is 13.8. The summed E-state index contributed by atoms with van der Waals surface area (Å²) in [6, 6.07) is 13.4. The molecule has 0 radical (unpaired) electrons. The summed E-state index contributed by atoms with van der Waals surface area (Å²) < 4.78 is 25.7. The van der Waals surface area contributed by atoms with Crippen molar-refractivity contribution in [3.63, 3.8) is 0 Å². The van der Waals surface area contributed by atoms with E-state index in [1.54, 1.807) is 57.2 Å². The van der Waals surface area contributed by atoms with Crippen LogP contribution in [0, 0.1) is 3.57 Å². The number of fused-ring (bicyclic) bond motifs is 1. The predicted molar refractivity (Wildman–Crippen MR) is 214 cm³/mol. The number of unbranched alkanes of at least 4 members (excludes halogenated alkanes) is 4. The molecule has 4 rings (SSSR count). The van der Waals surface area contributed by atoms with Gasteiger partial charge in [0.15, 0.2) is 5.79 Å². The molecule has 1 saturated heterocycles. The highest BCUT2D eigenvalue weighted by Crippen LogP contribution is 2.43. The predicted octanol–water partition coefficient (Wildman–Crippen LogP) is 7.32. The third-order valence-corrected chi connectivity index (χ3v) is 10.4. The number of carbonyl (C=O) groups is 4. The normalized spacial score (nSPS) is 19.6. The standard InChI is InChI=1S/C42H57IN2O9/c1-6-8-12-21-42(22-13-9-7-2)52-35-25-30(24-34(37(35)54-42)51-40(50)32-17-10-11-18-33(32)43)38(48)44-26-28-15-14-16-29(23-28)39(49)45-31(27-46)19-20-36(47)53-41(3,4)5/h10-11,14-18,23,25,31,34-35,37,46H,6-9,12-13,19-22,24,26-27H2,1-5H3,(H,44,48)(H,45,49). The van der Waals surface area contributed by atoms with Crippen LogP contribution in [0.5, 0.6) is 0 Å². The van der Waals surface area contributed by atoms with Gasteiger partial charge in [0.05, 0.1) is 18.2 Å². The summed E-state index contributed by atoms with van der Waals surface area (Å²) in [5.41, 5.74) is 1.29. The zero-order valence-electron chi connectivity index (χ0n) is 32.3. The van der Waals surface area contributed by atoms with Crippen LogP contribution in [0.4, 0.5) is 0 Å². The second kappa shape index (κ2) is 20.5. The number of esters is 2. The van der Waals surface area contributed by atoms with Gasteiger partial charge in [0, 0.05) is 46.9 Å². The van der Waals surface area contributed by atoms with Crippen LogP contribution in [0.15, 0.2) is 60.2 Å². The van der Waals surface area contributed by atoms with Gasteiger partial charge in [-0.25, -0.2) is 4.79 Å². The van der Waals surface area contributed by atoms with Crippen molar-refractivity contribution in [2.45, 2.75) is 148 Å². The van der Waals surface area contributed by atoms with E-state index >= 15 is 0 Å². The Balaban J connectivity index is 1.46. The van der Waals surface area contributed by atoms with Gasteiger partial charge in [0.25, 0.3) is 5.91 Å². The van der Waals surface area contributed by atoms with Crippen LogP contribution in [0.25, 0.3) is 0 Å². The lowest BCUT2D eigenvalue weighted by molar-refractivity contribution is -0.190. The topological polar surface area (TPSA) is 149 Å². The average Bonchev–Trinajstić information content (AvgIpc) is 3.50. The molecule has 2 aromatic carbocycles. The number of aliphatic hydroxyl groups is 1. The molecule has 2 amide bonds. The quantitative estimate of drug-likeness (QED) is 0.0751. The van der Waals surface area contributed by atoms with Crippen LogP contribution in [0.1, 0.15) is 132 Å². The highest BCUT2D eigenvalue weighted by atomic mass is 127. The van der Waals surface area contributed by atoms with Gasteiger partial charge in [-0.05, 0) is 98.5 Å². The molecule has 296 valence electrons. The lowest BCUT2D eigenvalue weighted by atomic mass is 9.91. The highest BCUT2D eigenvalue weighted by Gasteiger charge is 2.52. The number of aliphatic hydroxyl groups excluding tert-OH is 1. The van der Waals surface area contributed by atoms with Gasteiger partial charge in [-0.1, -0.05) is 63.8 Å². The third-order valence-electron chi connectivity index (χ3n) is 9.46. The number of amides is 2. The van der Waals surface area contributed by atoms with Crippen LogP contribution in [-0.4, -0.2) is 71.2 Å². The Morgan fingerprint density at radius 1 is 0.963 bits per heavy atom. The number of ether oxygens (including phenoxy) is 4. The number of nitrogens with one attached hydrogen (secondary N) is 2. The summed E-state index contributed by atoms with van der Waals surface area (Å²) in [5, 5.41) is 15.6. The number of rotatable bonds is 19. The van der Waals surface area contributed by atoms with Gasteiger partial charge in [-0.15, -0.1) is 0 Å². The number of halogens is 1. The van der Waals surface area contributed by atoms with E-state index in [-0.39, 0.29) is 38.3 Å². The van der Waals surface area contributed by atoms with Gasteiger partial charge in [-0.3, -0.25) is 14.4 Å². The van der Waals surface area contributed by atoms with Crippen molar-refractivity contribution in [1.82, 2.24) is 10.6 Å². The minimum absolute atomic E-state index is 0.0494. The lowest BCUT2D eigenvalue weighted by Gasteiger charge is -2.31. The molecule has 1 aliphatic heterocycles. The molecule has 12 heteroatoms. The molecule has 2 aliphatic rings. The first-order chi connectivity index (χ1) is 25.8. The van der Waals surface area contributed by atoms with Gasteiger partial charge < -0.3 is 34.7 Å². The molecule has 3 N–H and O–H groups in total. The number of hydrogen-bond donors (Lipinski definition) is 3. The first-order valence-electron chi connectivity index (χ1n) is 19.3. The molecule has 0 aromatic heterocycles. The first kappa shape index (κ1) is 43.4. The fraction of sp³-hybridized carbons (Fsp3) is 0.571. The van der Waals surface area contributed by atoms with Gasteiger partial charge in [-0.2, -0.15) is 0 Å². The Morgan fingerprint density at radius 3 is 2.31 bits per heavy atom. The minimum atomic E-state index is -0.820. The Bertz CT molecular complexity index is 1610. The van der Waals surface area contributed by atoms with E-state index in [0.717, 1.165) is 54.9 Å². The molecule has 4 atom stereocenters. The molecule has 0 saturated carbocycles. The molecule has 11 nitrogen and oxygen atoms in total. The summed E-state index contributed by atoms with van der Waals surface area (Å²) in [7, 11) is 0. The number of carbonyl (C=O) groups excluding carboxylic acids is 4. The van der Waals surface area contributed by atoms with Crippen molar-refractivity contribution in [1.29, 1.82) is 0 Å². The van der Waals surface area contributed by atoms with Gasteiger partial charge in [0.1, 0.15) is 23.9 Å². The van der Waals surface area contributed by atoms with E-state index in [2.05, 4.69) is 47.1 Å². The van der Waals surface area contributed by atoms with Crippen molar-refractivity contribution in [3.8, 4) is 0 Å². The van der Waals surface area contributed by atoms with Crippen molar-refractivity contribution >= 4 is 46.3 Å². The molecule has 1 aliphatic carbocycles. The van der Waals surface area contributed by atoms with Gasteiger partial charge in [0.2, 0.25) is 5.91 Å². The molecular weight excluding hydrogens is 803 g/mol. The van der Waals surface area contributed by atoms with Crippen molar-refractivity contribution in [2.24, 2.45) is 0 Å². The molecule has 1 fully saturated rings. The van der Waals surface area contributed by atoms with Crippen molar-refractivity contribution in [3.05, 3.63) is 80.4 Å². The number of benzene rings is 2. The SMILES string of the molecule is CCCCCC1(CCCCC)OC2C=C(C(=O)NCc3cccc(C(=O)NC(CO)CCC(=O)OC(C)(C)C)c3)CC(OC(=O)c3ccccc3I)C2O1. The fourth-order valence-electron chi connectivity index (χ4n) is 6.71. The Morgan fingerprint density at radius 2 is 1.67 bits per heavy atom. The average molecular weight is 861 g/mol. The van der Waals surface area contributed by atoms with E-state index in [1.165, 1.54) is 0 Å². The summed E-state index contributed by atoms with van der Waals surface area (Å²) in [5.74, 6) is -2.45. The summed E-state index contributed by atoms with van der Waals surface area (Å²) in [4.78, 5) is 52.5. The maximum Gasteiger partial charge on any atom is 0.339 e. The van der Waals surface area contributed by atoms with E-state index in [1.807, 2.05) is 18.2 Å². The second-order valence-corrected chi connectivity index (χ2v) is 16.3. The Labute approximate surface area is 333 Å². The van der Waals surface area contributed by atoms with Crippen LogP contribution >= 0.6 is 22.6 Å². The Kier molecular flexibility index (Phi) is 16.5. The van der Waals surface area contributed by atoms with E-state index in [9.17, 15) is 24.3 Å². The molecule has 1 heterocycles. The van der Waals surface area contributed by atoms with Crippen LogP contribution in [0.3, 0.4) is 0 Å². The van der Waals surface area contributed by atoms with Crippen molar-refractivity contribution < 1.29 is 43.2 Å². The maximum absolute atomic E-state index is 13.8. The fourth-order valence-corrected chi connectivity index (χ4v) is 7.32. The zero-order valence-corrected chi connectivity index (χ0v) is 34.4. The van der Waals surface area contributed by atoms with Crippen LogP contribution in [-0.2, 0) is 35.1 Å². The monoisotopic (exact) mass is 860 g/mol. The first-order valence-corrected chi connectivity index (χ1v) is 20.4. The summed E-state index contributed by atoms with van der Waals surface area (Å²) in [6.45, 7) is 9.45. The second-order valence-electron chi connectivity index (χ2n) is 15.2. The summed E-state index contributed by atoms with van der Waals surface area (Å²) in [6.07, 6.45) is 7.89. The molecule has 4 unspecified atom stereocenters. The molecule has 54 heavy (non-hydrogen) atoms. The zero-order chi connectivity index (χ0) is 39.3. The van der Waals surface area contributed by atoms with E-state index < -0.39 is 53.6 Å². The van der Waals surface area contributed by atoms with Crippen LogP contribution in [0.2, 0.25) is 0 Å². The smallest absolute Gasteiger partial charge is 0.339 e. The summed E-state index contributed by atoms with van der Waals surface area (Å²) >= 11 is 2.11. The Hall–Kier alpha value is -3.33. The molecule has 0 spiro atoms. The van der Waals surface area contributed by atoms with E-state index in [0.29, 0.717) is 22.3 Å². The largest absolute Gasteiger partial charge is 0.460 e. The molecular formula is C42H57IN2O9. The van der Waals surface area contributed by atoms with Crippen molar-refractivity contribution in [2.75, 3.05) is 6.61 Å². The third kappa shape index (κ3) is 12.9. The highest BCUT2D eigenvalue weighted by molar-refractivity contribution is 14.1. The molecule has 0 bridgehead atoms.